The molecule has 5 heteroatoms. The third kappa shape index (κ3) is 3.92. The normalized spacial score (nSPS) is 9.41. The van der Waals surface area contributed by atoms with Gasteiger partial charge in [0.05, 0.1) is 12.2 Å². The van der Waals surface area contributed by atoms with Gasteiger partial charge in [-0.25, -0.2) is 9.78 Å². The molecule has 90 valence electrons. The molecule has 0 bridgehead atoms. The van der Waals surface area contributed by atoms with Gasteiger partial charge in [-0.1, -0.05) is 18.2 Å². The first-order valence-corrected chi connectivity index (χ1v) is 5.06. The third-order valence-electron chi connectivity index (χ3n) is 2.14. The number of rotatable bonds is 4. The molecule has 0 aliphatic rings. The van der Waals surface area contributed by atoms with Gasteiger partial charge in [-0.3, -0.25) is 0 Å². The van der Waals surface area contributed by atoms with Crippen LogP contribution in [0.2, 0.25) is 0 Å². The van der Waals surface area contributed by atoms with Crippen LogP contribution in [-0.2, 0) is 11.2 Å². The number of carbonyl (C=O) groups is 1. The summed E-state index contributed by atoms with van der Waals surface area (Å²) in [4.78, 5) is 18.5. The number of imidazole rings is 1. The number of nitrogens with one attached hydrogen (secondary N) is 1. The molecule has 1 aromatic carbocycles. The Morgan fingerprint density at radius 1 is 1.29 bits per heavy atom. The fourth-order valence-corrected chi connectivity index (χ4v) is 1.33. The van der Waals surface area contributed by atoms with Crippen LogP contribution >= 0.6 is 12.4 Å². The van der Waals surface area contributed by atoms with Crippen molar-refractivity contribution in [3.05, 3.63) is 54.1 Å². The largest absolute Gasteiger partial charge is 0.462 e. The maximum absolute atomic E-state index is 11.5. The first-order chi connectivity index (χ1) is 7.86. The van der Waals surface area contributed by atoms with Crippen molar-refractivity contribution in [3.63, 3.8) is 0 Å². The second kappa shape index (κ2) is 6.70. The van der Waals surface area contributed by atoms with Gasteiger partial charge in [0.2, 0.25) is 0 Å². The number of halogens is 1. The molecule has 4 nitrogen and oxygen atoms in total. The van der Waals surface area contributed by atoms with Crippen LogP contribution in [-0.4, -0.2) is 22.5 Å². The number of carbonyl (C=O) groups excluding carboxylic acids is 1. The van der Waals surface area contributed by atoms with Crippen LogP contribution < -0.4 is 0 Å². The molecule has 0 aliphatic heterocycles. The van der Waals surface area contributed by atoms with E-state index in [1.54, 1.807) is 24.5 Å². The lowest BCUT2D eigenvalue weighted by molar-refractivity contribution is 0.0507. The van der Waals surface area contributed by atoms with E-state index >= 15 is 0 Å². The topological polar surface area (TPSA) is 55.0 Å². The molecular weight excluding hydrogens is 240 g/mol. The van der Waals surface area contributed by atoms with Crippen LogP contribution in [0.1, 0.15) is 16.2 Å². The van der Waals surface area contributed by atoms with Gasteiger partial charge in [-0.2, -0.15) is 0 Å². The van der Waals surface area contributed by atoms with E-state index in [9.17, 15) is 4.79 Å². The quantitative estimate of drug-likeness (QED) is 0.849. The van der Waals surface area contributed by atoms with Gasteiger partial charge in [0, 0.05) is 18.8 Å². The van der Waals surface area contributed by atoms with E-state index in [0.29, 0.717) is 18.6 Å². The van der Waals surface area contributed by atoms with Crippen LogP contribution in [0.15, 0.2) is 42.7 Å². The van der Waals surface area contributed by atoms with Crippen molar-refractivity contribution in [1.82, 2.24) is 9.97 Å². The van der Waals surface area contributed by atoms with Gasteiger partial charge in [-0.05, 0) is 12.1 Å². The lowest BCUT2D eigenvalue weighted by atomic mass is 10.2. The van der Waals surface area contributed by atoms with Crippen molar-refractivity contribution in [1.29, 1.82) is 0 Å². The molecule has 0 aliphatic carbocycles. The van der Waals surface area contributed by atoms with Crippen molar-refractivity contribution in [2.45, 2.75) is 6.42 Å². The van der Waals surface area contributed by atoms with Crippen molar-refractivity contribution in [3.8, 4) is 0 Å². The van der Waals surface area contributed by atoms with Gasteiger partial charge in [0.1, 0.15) is 5.82 Å². The summed E-state index contributed by atoms with van der Waals surface area (Å²) in [6.07, 6.45) is 4.02. The lowest BCUT2D eigenvalue weighted by Crippen LogP contribution is -2.08. The van der Waals surface area contributed by atoms with Crippen molar-refractivity contribution in [2.75, 3.05) is 6.61 Å². The highest BCUT2D eigenvalue weighted by atomic mass is 35.5. The Morgan fingerprint density at radius 2 is 2.06 bits per heavy atom. The number of aromatic nitrogens is 2. The second-order valence-corrected chi connectivity index (χ2v) is 3.29. The average molecular weight is 253 g/mol. The summed E-state index contributed by atoms with van der Waals surface area (Å²) in [5, 5.41) is 0. The van der Waals surface area contributed by atoms with Crippen LogP contribution in [0.3, 0.4) is 0 Å². The molecule has 0 unspecified atom stereocenters. The molecule has 17 heavy (non-hydrogen) atoms. The molecule has 0 radical (unpaired) electrons. The minimum atomic E-state index is -0.299. The smallest absolute Gasteiger partial charge is 0.338 e. The Morgan fingerprint density at radius 3 is 2.71 bits per heavy atom. The number of H-pyrrole nitrogens is 1. The first kappa shape index (κ1) is 13.3. The van der Waals surface area contributed by atoms with Crippen LogP contribution in [0.4, 0.5) is 0 Å². The molecule has 1 N–H and O–H groups in total. The van der Waals surface area contributed by atoms with Crippen molar-refractivity contribution >= 4 is 18.4 Å². The van der Waals surface area contributed by atoms with Crippen LogP contribution in [0.5, 0.6) is 0 Å². The van der Waals surface area contributed by atoms with Crippen LogP contribution in [0.25, 0.3) is 0 Å². The van der Waals surface area contributed by atoms with E-state index in [-0.39, 0.29) is 18.4 Å². The van der Waals surface area contributed by atoms with E-state index in [1.165, 1.54) is 0 Å². The molecule has 0 fully saturated rings. The summed E-state index contributed by atoms with van der Waals surface area (Å²) in [6.45, 7) is 0.335. The summed E-state index contributed by atoms with van der Waals surface area (Å²) in [5.74, 6) is 0.521. The predicted molar refractivity (Wildman–Crippen MR) is 66.3 cm³/mol. The van der Waals surface area contributed by atoms with Crippen LogP contribution in [0, 0.1) is 0 Å². The maximum atomic E-state index is 11.5. The van der Waals surface area contributed by atoms with E-state index in [2.05, 4.69) is 9.97 Å². The highest BCUT2D eigenvalue weighted by molar-refractivity contribution is 5.89. The summed E-state index contributed by atoms with van der Waals surface area (Å²) >= 11 is 0. The molecule has 2 aromatic rings. The summed E-state index contributed by atoms with van der Waals surface area (Å²) in [5.41, 5.74) is 0.571. The van der Waals surface area contributed by atoms with Gasteiger partial charge in [0.25, 0.3) is 0 Å². The number of nitrogens with zero attached hydrogens (tertiary/aromatic N) is 1. The van der Waals surface area contributed by atoms with Gasteiger partial charge in [0.15, 0.2) is 0 Å². The first-order valence-electron chi connectivity index (χ1n) is 5.06. The van der Waals surface area contributed by atoms with Crippen molar-refractivity contribution < 1.29 is 9.53 Å². The SMILES string of the molecule is Cl.O=C(OCCc1ncc[nH]1)c1ccccc1. The lowest BCUT2D eigenvalue weighted by Gasteiger charge is -2.02. The molecular formula is C12H13ClN2O2. The zero-order valence-electron chi connectivity index (χ0n) is 9.13. The fraction of sp³-hybridized carbons (Fsp3) is 0.167. The summed E-state index contributed by atoms with van der Waals surface area (Å²) in [7, 11) is 0. The standard InChI is InChI=1S/C12H12N2O2.ClH/c15-12(10-4-2-1-3-5-10)16-9-6-11-13-7-8-14-11;/h1-5,7-8H,6,9H2,(H,13,14);1H. The third-order valence-corrected chi connectivity index (χ3v) is 2.14. The van der Waals surface area contributed by atoms with Gasteiger partial charge >= 0.3 is 5.97 Å². The van der Waals surface area contributed by atoms with Crippen molar-refractivity contribution in [2.24, 2.45) is 0 Å². The molecule has 0 spiro atoms. The fourth-order valence-electron chi connectivity index (χ4n) is 1.33. The molecule has 0 atom stereocenters. The molecule has 0 saturated heterocycles. The Kier molecular flexibility index (Phi) is 5.23. The zero-order valence-corrected chi connectivity index (χ0v) is 9.94. The zero-order chi connectivity index (χ0) is 11.2. The minimum Gasteiger partial charge on any atom is -0.462 e. The Labute approximate surface area is 105 Å². The van der Waals surface area contributed by atoms with Gasteiger partial charge in [-0.15, -0.1) is 12.4 Å². The highest BCUT2D eigenvalue weighted by Crippen LogP contribution is 2.01. The molecule has 1 heterocycles. The minimum absolute atomic E-state index is 0. The average Bonchev–Trinajstić information content (AvgIpc) is 2.83. The monoisotopic (exact) mass is 252 g/mol. The number of hydrogen-bond donors (Lipinski definition) is 1. The summed E-state index contributed by atoms with van der Waals surface area (Å²) < 4.78 is 5.10. The Balaban J connectivity index is 0.00000144. The van der Waals surface area contributed by atoms with E-state index in [1.807, 2.05) is 18.2 Å². The van der Waals surface area contributed by atoms with E-state index in [0.717, 1.165) is 5.82 Å². The highest BCUT2D eigenvalue weighted by Gasteiger charge is 2.05. The molecule has 2 rings (SSSR count). The Hall–Kier alpha value is -1.81. The molecule has 0 saturated carbocycles. The number of hydrogen-bond acceptors (Lipinski definition) is 3. The number of ether oxygens (including phenoxy) is 1. The number of benzene rings is 1. The van der Waals surface area contributed by atoms with E-state index < -0.39 is 0 Å². The predicted octanol–water partition coefficient (Wildman–Crippen LogP) is 2.23. The Bertz CT molecular complexity index is 443. The maximum Gasteiger partial charge on any atom is 0.338 e. The number of esters is 1. The summed E-state index contributed by atoms with van der Waals surface area (Å²) in [6, 6.07) is 8.94. The van der Waals surface area contributed by atoms with E-state index in [4.69, 9.17) is 4.74 Å². The molecule has 0 amide bonds. The molecule has 1 aromatic heterocycles. The van der Waals surface area contributed by atoms with Gasteiger partial charge < -0.3 is 9.72 Å². The second-order valence-electron chi connectivity index (χ2n) is 3.29. The number of aromatic amines is 1.